The van der Waals surface area contributed by atoms with Crippen molar-refractivity contribution in [1.82, 2.24) is 20.2 Å². The van der Waals surface area contributed by atoms with Gasteiger partial charge >= 0.3 is 0 Å². The van der Waals surface area contributed by atoms with E-state index in [4.69, 9.17) is 0 Å². The van der Waals surface area contributed by atoms with Gasteiger partial charge in [-0.1, -0.05) is 13.8 Å². The molecule has 6 nitrogen and oxygen atoms in total. The lowest BCUT2D eigenvalue weighted by Crippen LogP contribution is -2.46. The van der Waals surface area contributed by atoms with Gasteiger partial charge in [-0.3, -0.25) is 4.99 Å². The number of hydrogen-bond donors (Lipinski definition) is 2. The molecule has 2 N–H and O–H groups in total. The fourth-order valence-electron chi connectivity index (χ4n) is 3.64. The summed E-state index contributed by atoms with van der Waals surface area (Å²) in [5.41, 5.74) is 1.14. The summed E-state index contributed by atoms with van der Waals surface area (Å²) in [5.74, 6) is 3.41. The molecule has 138 valence electrons. The van der Waals surface area contributed by atoms with Crippen molar-refractivity contribution >= 4 is 35.9 Å². The van der Waals surface area contributed by atoms with E-state index in [1.807, 2.05) is 39.3 Å². The highest BCUT2D eigenvalue weighted by molar-refractivity contribution is 14.0. The molecule has 0 aliphatic heterocycles. The molecule has 2 unspecified atom stereocenters. The molecular weight excluding hydrogens is 415 g/mol. The molecule has 1 fully saturated rings. The summed E-state index contributed by atoms with van der Waals surface area (Å²) >= 11 is 0. The molecule has 0 radical (unpaired) electrons. The molecule has 7 heteroatoms. The Morgan fingerprint density at radius 3 is 2.42 bits per heavy atom. The van der Waals surface area contributed by atoms with Crippen LogP contribution in [-0.4, -0.2) is 42.7 Å². The topological polar surface area (TPSA) is 57.5 Å². The Morgan fingerprint density at radius 1 is 1.29 bits per heavy atom. The van der Waals surface area contributed by atoms with Gasteiger partial charge in [0.25, 0.3) is 0 Å². The lowest BCUT2D eigenvalue weighted by Gasteiger charge is -2.32. The average Bonchev–Trinajstić information content (AvgIpc) is 2.83. The van der Waals surface area contributed by atoms with Gasteiger partial charge in [0.2, 0.25) is 5.95 Å². The van der Waals surface area contributed by atoms with Gasteiger partial charge in [0.1, 0.15) is 0 Å². The minimum atomic E-state index is 0. The number of hydrogen-bond acceptors (Lipinski definition) is 3. The molecule has 2 rings (SSSR count). The lowest BCUT2D eigenvalue weighted by molar-refractivity contribution is 0.255. The van der Waals surface area contributed by atoms with Crippen molar-refractivity contribution in [1.29, 1.82) is 0 Å². The summed E-state index contributed by atoms with van der Waals surface area (Å²) in [6.07, 6.45) is 5.70. The van der Waals surface area contributed by atoms with E-state index < -0.39 is 0 Å². The van der Waals surface area contributed by atoms with Gasteiger partial charge in [-0.25, -0.2) is 4.98 Å². The van der Waals surface area contributed by atoms with E-state index in [2.05, 4.69) is 39.0 Å². The standard InChI is InChI=1S/C17H32N6.HI/c1-12-7-13(2)9-14(8-12)21-16(18-3)19-10-15-11-20-17(22(4)5)23(15)6;/h11-14H,7-10H2,1-6H3,(H2,18,19,21);1H. The maximum Gasteiger partial charge on any atom is 0.204 e. The number of guanidine groups is 1. The average molecular weight is 448 g/mol. The van der Waals surface area contributed by atoms with Crippen molar-refractivity contribution in [3.05, 3.63) is 11.9 Å². The van der Waals surface area contributed by atoms with Gasteiger partial charge in [0.05, 0.1) is 18.4 Å². The van der Waals surface area contributed by atoms with Crippen LogP contribution < -0.4 is 15.5 Å². The Morgan fingerprint density at radius 2 is 1.92 bits per heavy atom. The van der Waals surface area contributed by atoms with E-state index in [0.29, 0.717) is 6.04 Å². The molecule has 0 bridgehead atoms. The van der Waals surface area contributed by atoms with E-state index in [1.54, 1.807) is 0 Å². The lowest BCUT2D eigenvalue weighted by atomic mass is 9.80. The van der Waals surface area contributed by atoms with Crippen molar-refractivity contribution in [3.63, 3.8) is 0 Å². The summed E-state index contributed by atoms with van der Waals surface area (Å²) < 4.78 is 2.10. The fourth-order valence-corrected chi connectivity index (χ4v) is 3.64. The predicted molar refractivity (Wildman–Crippen MR) is 112 cm³/mol. The third-order valence-electron chi connectivity index (χ3n) is 4.64. The Kier molecular flexibility index (Phi) is 8.32. The van der Waals surface area contributed by atoms with Gasteiger partial charge in [0.15, 0.2) is 5.96 Å². The number of anilines is 1. The zero-order chi connectivity index (χ0) is 17.0. The Bertz CT molecular complexity index is 529. The van der Waals surface area contributed by atoms with Crippen LogP contribution in [0.4, 0.5) is 5.95 Å². The number of imidazole rings is 1. The summed E-state index contributed by atoms with van der Waals surface area (Å²) in [5, 5.41) is 7.00. The highest BCUT2D eigenvalue weighted by Crippen LogP contribution is 2.28. The van der Waals surface area contributed by atoms with Crippen LogP contribution in [0, 0.1) is 11.8 Å². The number of nitrogens with zero attached hydrogens (tertiary/aromatic N) is 4. The molecule has 0 amide bonds. The third kappa shape index (κ3) is 5.53. The van der Waals surface area contributed by atoms with Crippen molar-refractivity contribution in [2.75, 3.05) is 26.0 Å². The maximum absolute atomic E-state index is 4.44. The Balaban J connectivity index is 0.00000288. The zero-order valence-corrected chi connectivity index (χ0v) is 18.2. The number of aliphatic imine (C=N–C) groups is 1. The van der Waals surface area contributed by atoms with Gasteiger partial charge in [-0.2, -0.15) is 0 Å². The first kappa shape index (κ1) is 21.1. The number of rotatable bonds is 4. The number of nitrogens with one attached hydrogen (secondary N) is 2. The second-order valence-electron chi connectivity index (χ2n) is 7.19. The fraction of sp³-hybridized carbons (Fsp3) is 0.765. The second-order valence-corrected chi connectivity index (χ2v) is 7.19. The van der Waals surface area contributed by atoms with E-state index in [-0.39, 0.29) is 24.0 Å². The molecule has 1 aromatic heterocycles. The Hall–Kier alpha value is -0.990. The van der Waals surface area contributed by atoms with E-state index in [1.165, 1.54) is 19.3 Å². The predicted octanol–water partition coefficient (Wildman–Crippen LogP) is 2.59. The van der Waals surface area contributed by atoms with E-state index >= 15 is 0 Å². The summed E-state index contributed by atoms with van der Waals surface area (Å²) in [6, 6.07) is 0.517. The van der Waals surface area contributed by atoms with Crippen LogP contribution >= 0.6 is 24.0 Å². The van der Waals surface area contributed by atoms with Crippen LogP contribution in [0.1, 0.15) is 38.8 Å². The van der Waals surface area contributed by atoms with Crippen LogP contribution in [0.3, 0.4) is 0 Å². The van der Waals surface area contributed by atoms with Crippen molar-refractivity contribution in [2.45, 2.75) is 45.7 Å². The highest BCUT2D eigenvalue weighted by Gasteiger charge is 2.24. The molecule has 1 aliphatic rings. The van der Waals surface area contributed by atoms with Crippen LogP contribution in [0.25, 0.3) is 0 Å². The van der Waals surface area contributed by atoms with E-state index in [9.17, 15) is 0 Å². The zero-order valence-electron chi connectivity index (χ0n) is 15.8. The second kappa shape index (κ2) is 9.48. The van der Waals surface area contributed by atoms with Gasteiger partial charge < -0.3 is 20.1 Å². The SMILES string of the molecule is CN=C(NCc1cnc(N(C)C)n1C)NC1CC(C)CC(C)C1.I. The van der Waals surface area contributed by atoms with Gasteiger partial charge in [-0.05, 0) is 31.1 Å². The molecule has 0 aromatic carbocycles. The third-order valence-corrected chi connectivity index (χ3v) is 4.64. The smallest absolute Gasteiger partial charge is 0.204 e. The molecule has 1 aromatic rings. The van der Waals surface area contributed by atoms with Crippen molar-refractivity contribution < 1.29 is 0 Å². The molecule has 24 heavy (non-hydrogen) atoms. The van der Waals surface area contributed by atoms with Gasteiger partial charge in [0, 0.05) is 34.2 Å². The van der Waals surface area contributed by atoms with E-state index in [0.717, 1.165) is 36.0 Å². The minimum Gasteiger partial charge on any atom is -0.354 e. The molecule has 1 aliphatic carbocycles. The summed E-state index contributed by atoms with van der Waals surface area (Å²) in [7, 11) is 7.89. The molecule has 1 saturated carbocycles. The van der Waals surface area contributed by atoms with Crippen LogP contribution in [0.2, 0.25) is 0 Å². The first-order valence-electron chi connectivity index (χ1n) is 8.55. The number of halogens is 1. The summed E-state index contributed by atoms with van der Waals surface area (Å²) in [6.45, 7) is 5.41. The molecule has 1 heterocycles. The molecular formula is C17H33IN6. The number of aromatic nitrogens is 2. The van der Waals surface area contributed by atoms with Crippen LogP contribution in [-0.2, 0) is 13.6 Å². The first-order chi connectivity index (χ1) is 10.9. The highest BCUT2D eigenvalue weighted by atomic mass is 127. The van der Waals surface area contributed by atoms with Crippen molar-refractivity contribution in [2.24, 2.45) is 23.9 Å². The maximum atomic E-state index is 4.44. The monoisotopic (exact) mass is 448 g/mol. The van der Waals surface area contributed by atoms with Crippen molar-refractivity contribution in [3.8, 4) is 0 Å². The first-order valence-corrected chi connectivity index (χ1v) is 8.55. The Labute approximate surface area is 163 Å². The molecule has 0 spiro atoms. The largest absolute Gasteiger partial charge is 0.354 e. The molecule has 0 saturated heterocycles. The normalized spacial score (nSPS) is 24.2. The van der Waals surface area contributed by atoms with Crippen LogP contribution in [0.15, 0.2) is 11.2 Å². The minimum absolute atomic E-state index is 0. The van der Waals surface area contributed by atoms with Gasteiger partial charge in [-0.15, -0.1) is 24.0 Å². The van der Waals surface area contributed by atoms with Crippen LogP contribution in [0.5, 0.6) is 0 Å². The molecule has 2 atom stereocenters. The summed E-state index contributed by atoms with van der Waals surface area (Å²) in [4.78, 5) is 10.8. The quantitative estimate of drug-likeness (QED) is 0.423.